The summed E-state index contributed by atoms with van der Waals surface area (Å²) in [4.78, 5) is 26.5. The van der Waals surface area contributed by atoms with Crippen molar-refractivity contribution < 1.29 is 9.18 Å². The molecule has 180 valence electrons. The van der Waals surface area contributed by atoms with Crippen LogP contribution in [0, 0.1) is 12.7 Å². The topological polar surface area (TPSA) is 85.1 Å². The summed E-state index contributed by atoms with van der Waals surface area (Å²) in [7, 11) is 0. The van der Waals surface area contributed by atoms with E-state index in [-0.39, 0.29) is 11.7 Å². The molecule has 0 atom stereocenters. The molecule has 0 spiro atoms. The number of rotatable bonds is 5. The molecule has 0 radical (unpaired) electrons. The molecule has 7 nitrogen and oxygen atoms in total. The summed E-state index contributed by atoms with van der Waals surface area (Å²) < 4.78 is 15.7. The van der Waals surface area contributed by atoms with Crippen LogP contribution < -0.4 is 5.32 Å². The van der Waals surface area contributed by atoms with Crippen molar-refractivity contribution in [2.75, 3.05) is 5.32 Å². The molecule has 0 aliphatic heterocycles. The van der Waals surface area contributed by atoms with E-state index in [9.17, 15) is 9.18 Å². The molecule has 0 aliphatic rings. The number of aromatic nitrogens is 5. The van der Waals surface area contributed by atoms with Crippen LogP contribution in [0.4, 0.5) is 10.2 Å². The monoisotopic (exact) mass is 506 g/mol. The molecule has 0 saturated heterocycles. The highest BCUT2D eigenvalue weighted by Crippen LogP contribution is 2.34. The lowest BCUT2D eigenvalue weighted by molar-refractivity contribution is 0.102. The highest BCUT2D eigenvalue weighted by Gasteiger charge is 2.19. The van der Waals surface area contributed by atoms with Crippen molar-refractivity contribution >= 4 is 28.7 Å². The standard InChI is InChI=1S/C28H19FN6OS/c1-17-14-19(9-10-21(17)29)25-26(35-24(34-25)8-5-12-31-35)20-11-13-30-23(15-20)33-27(36)22-16-37-28(32-22)18-6-3-2-4-7-18/h2-16H,1H3,(H,30,33,36). The molecule has 1 N–H and O–H groups in total. The van der Waals surface area contributed by atoms with Gasteiger partial charge in [-0.05, 0) is 55.0 Å². The third-order valence-electron chi connectivity index (χ3n) is 5.86. The van der Waals surface area contributed by atoms with Gasteiger partial charge in [0.15, 0.2) is 5.65 Å². The van der Waals surface area contributed by atoms with Crippen molar-refractivity contribution in [1.29, 1.82) is 0 Å². The summed E-state index contributed by atoms with van der Waals surface area (Å²) in [5, 5.41) is 9.82. The normalized spacial score (nSPS) is 11.1. The van der Waals surface area contributed by atoms with Crippen molar-refractivity contribution in [3.63, 3.8) is 0 Å². The van der Waals surface area contributed by atoms with Gasteiger partial charge >= 0.3 is 0 Å². The number of imidazole rings is 1. The Bertz CT molecular complexity index is 1760. The third-order valence-corrected chi connectivity index (χ3v) is 6.75. The highest BCUT2D eigenvalue weighted by molar-refractivity contribution is 7.13. The van der Waals surface area contributed by atoms with E-state index in [0.717, 1.165) is 21.7 Å². The predicted octanol–water partition coefficient (Wildman–Crippen LogP) is 6.28. The van der Waals surface area contributed by atoms with Crippen LogP contribution >= 0.6 is 11.3 Å². The number of nitrogens with zero attached hydrogens (tertiary/aromatic N) is 5. The van der Waals surface area contributed by atoms with Crippen molar-refractivity contribution in [2.24, 2.45) is 0 Å². The highest BCUT2D eigenvalue weighted by atomic mass is 32.1. The minimum absolute atomic E-state index is 0.279. The van der Waals surface area contributed by atoms with Crippen molar-refractivity contribution in [3.8, 4) is 33.1 Å². The van der Waals surface area contributed by atoms with Gasteiger partial charge < -0.3 is 5.32 Å². The predicted molar refractivity (Wildman–Crippen MR) is 142 cm³/mol. The largest absolute Gasteiger partial charge is 0.305 e. The number of nitrogens with one attached hydrogen (secondary N) is 1. The number of amides is 1. The lowest BCUT2D eigenvalue weighted by atomic mass is 10.0. The number of aryl methyl sites for hydroxylation is 1. The van der Waals surface area contributed by atoms with Crippen LogP contribution in [0.1, 0.15) is 16.1 Å². The summed E-state index contributed by atoms with van der Waals surface area (Å²) in [5.74, 6) is -0.267. The molecule has 0 saturated carbocycles. The van der Waals surface area contributed by atoms with Gasteiger partial charge in [-0.1, -0.05) is 30.3 Å². The smallest absolute Gasteiger partial charge is 0.276 e. The number of benzene rings is 2. The quantitative estimate of drug-likeness (QED) is 0.297. The van der Waals surface area contributed by atoms with Crippen LogP contribution in [0.15, 0.2) is 90.6 Å². The van der Waals surface area contributed by atoms with Gasteiger partial charge in [0.2, 0.25) is 0 Å². The van der Waals surface area contributed by atoms with Gasteiger partial charge in [-0.2, -0.15) is 5.10 Å². The number of carbonyl (C=O) groups excluding carboxylic acids is 1. The Hall–Kier alpha value is -4.76. The second-order valence-electron chi connectivity index (χ2n) is 8.35. The third kappa shape index (κ3) is 4.36. The molecule has 0 fully saturated rings. The van der Waals surface area contributed by atoms with E-state index in [4.69, 9.17) is 4.98 Å². The fraction of sp³-hybridized carbons (Fsp3) is 0.0357. The fourth-order valence-electron chi connectivity index (χ4n) is 4.06. The molecule has 9 heteroatoms. The molecule has 37 heavy (non-hydrogen) atoms. The van der Waals surface area contributed by atoms with Gasteiger partial charge in [0.05, 0.1) is 5.69 Å². The Morgan fingerprint density at radius 2 is 1.78 bits per heavy atom. The molecule has 6 rings (SSSR count). The number of hydrogen-bond acceptors (Lipinski definition) is 6. The van der Waals surface area contributed by atoms with Gasteiger partial charge in [-0.3, -0.25) is 4.79 Å². The molecule has 4 aromatic heterocycles. The Kier molecular flexibility index (Phi) is 5.74. The van der Waals surface area contributed by atoms with Crippen LogP contribution in [0.5, 0.6) is 0 Å². The summed E-state index contributed by atoms with van der Waals surface area (Å²) in [5.41, 5.74) is 5.30. The maximum atomic E-state index is 14.0. The van der Waals surface area contributed by atoms with Gasteiger partial charge in [0, 0.05) is 34.5 Å². The zero-order valence-electron chi connectivity index (χ0n) is 19.6. The summed E-state index contributed by atoms with van der Waals surface area (Å²) in [6.07, 6.45) is 3.29. The summed E-state index contributed by atoms with van der Waals surface area (Å²) in [6, 6.07) is 21.9. The average Bonchev–Trinajstić information content (AvgIpc) is 3.57. The van der Waals surface area contributed by atoms with Crippen molar-refractivity contribution in [3.05, 3.63) is 108 Å². The number of halogens is 1. The van der Waals surface area contributed by atoms with Crippen LogP contribution in [0.3, 0.4) is 0 Å². The second-order valence-corrected chi connectivity index (χ2v) is 9.21. The molecule has 2 aromatic carbocycles. The first-order valence-corrected chi connectivity index (χ1v) is 12.3. The lowest BCUT2D eigenvalue weighted by Crippen LogP contribution is -2.13. The minimum Gasteiger partial charge on any atom is -0.305 e. The van der Waals surface area contributed by atoms with E-state index in [0.29, 0.717) is 34.1 Å². The van der Waals surface area contributed by atoms with Gasteiger partial charge in [-0.25, -0.2) is 23.9 Å². The Labute approximate surface area is 215 Å². The number of hydrogen-bond donors (Lipinski definition) is 1. The second kappa shape index (κ2) is 9.36. The molecule has 0 bridgehead atoms. The summed E-state index contributed by atoms with van der Waals surface area (Å²) in [6.45, 7) is 1.72. The van der Waals surface area contributed by atoms with Gasteiger partial charge in [-0.15, -0.1) is 11.3 Å². The maximum Gasteiger partial charge on any atom is 0.276 e. The van der Waals surface area contributed by atoms with E-state index in [1.807, 2.05) is 48.5 Å². The number of pyridine rings is 1. The molecule has 0 unspecified atom stereocenters. The van der Waals surface area contributed by atoms with E-state index < -0.39 is 0 Å². The van der Waals surface area contributed by atoms with Crippen molar-refractivity contribution in [1.82, 2.24) is 24.6 Å². The van der Waals surface area contributed by atoms with Crippen LogP contribution in [0.2, 0.25) is 0 Å². The maximum absolute atomic E-state index is 14.0. The van der Waals surface area contributed by atoms with E-state index in [1.165, 1.54) is 17.4 Å². The first kappa shape index (κ1) is 22.7. The van der Waals surface area contributed by atoms with Crippen LogP contribution in [-0.2, 0) is 0 Å². The first-order valence-electron chi connectivity index (χ1n) is 11.5. The number of fused-ring (bicyclic) bond motifs is 1. The van der Waals surface area contributed by atoms with E-state index in [1.54, 1.807) is 47.4 Å². The lowest BCUT2D eigenvalue weighted by Gasteiger charge is -2.08. The Morgan fingerprint density at radius 1 is 0.919 bits per heavy atom. The molecular weight excluding hydrogens is 487 g/mol. The average molecular weight is 507 g/mol. The molecule has 0 aliphatic carbocycles. The van der Waals surface area contributed by atoms with Crippen molar-refractivity contribution in [2.45, 2.75) is 6.92 Å². The molecule has 6 aromatic rings. The molecule has 1 amide bonds. The fourth-order valence-corrected chi connectivity index (χ4v) is 4.87. The Balaban J connectivity index is 1.36. The van der Waals surface area contributed by atoms with E-state index in [2.05, 4.69) is 20.4 Å². The molecule has 4 heterocycles. The zero-order valence-corrected chi connectivity index (χ0v) is 20.4. The van der Waals surface area contributed by atoms with Crippen LogP contribution in [-0.4, -0.2) is 30.5 Å². The Morgan fingerprint density at radius 3 is 2.62 bits per heavy atom. The van der Waals surface area contributed by atoms with Gasteiger partial charge in [0.25, 0.3) is 5.91 Å². The van der Waals surface area contributed by atoms with E-state index >= 15 is 0 Å². The first-order chi connectivity index (χ1) is 18.1. The number of thiazole rings is 1. The minimum atomic E-state index is -0.353. The number of carbonyl (C=O) groups is 1. The van der Waals surface area contributed by atoms with Crippen LogP contribution in [0.25, 0.3) is 38.7 Å². The number of anilines is 1. The SMILES string of the molecule is Cc1cc(-c2nc3cccnn3c2-c2ccnc(NC(=O)c3csc(-c4ccccc4)n3)c2)ccc1F. The zero-order chi connectivity index (χ0) is 25.4. The summed E-state index contributed by atoms with van der Waals surface area (Å²) >= 11 is 1.41. The van der Waals surface area contributed by atoms with Gasteiger partial charge in [0.1, 0.15) is 28.0 Å². The molecular formula is C28H19FN6OS.